The molecule has 5 heteroatoms. The first-order chi connectivity index (χ1) is 9.86. The topological polar surface area (TPSA) is 50.5 Å². The number of hydrogen-bond acceptors (Lipinski definition) is 4. The van der Waals surface area contributed by atoms with Crippen molar-refractivity contribution in [3.63, 3.8) is 0 Å². The summed E-state index contributed by atoms with van der Waals surface area (Å²) >= 11 is 0. The van der Waals surface area contributed by atoms with Crippen LogP contribution in [0.5, 0.6) is 5.75 Å². The van der Waals surface area contributed by atoms with Crippen LogP contribution in [0.2, 0.25) is 0 Å². The van der Waals surface area contributed by atoms with Gasteiger partial charge < -0.3 is 20.7 Å². The van der Waals surface area contributed by atoms with E-state index in [0.717, 1.165) is 25.2 Å². The average Bonchev–Trinajstić information content (AvgIpc) is 2.37. The number of nitrogen functional groups attached to an aromatic ring is 1. The number of benzene rings is 1. The highest BCUT2D eigenvalue weighted by Gasteiger charge is 2.25. The summed E-state index contributed by atoms with van der Waals surface area (Å²) in [5.74, 6) is 0.355. The molecule has 0 amide bonds. The summed E-state index contributed by atoms with van der Waals surface area (Å²) < 4.78 is 19.4. The van der Waals surface area contributed by atoms with E-state index in [4.69, 9.17) is 10.5 Å². The van der Waals surface area contributed by atoms with Gasteiger partial charge in [-0.25, -0.2) is 4.39 Å². The number of halogens is 1. The average molecular weight is 295 g/mol. The zero-order valence-electron chi connectivity index (χ0n) is 13.3. The Morgan fingerprint density at radius 1 is 1.43 bits per heavy atom. The number of ether oxygens (including phenoxy) is 1. The van der Waals surface area contributed by atoms with Gasteiger partial charge in [-0.05, 0) is 39.8 Å². The Morgan fingerprint density at radius 2 is 2.14 bits per heavy atom. The molecule has 0 spiro atoms. The summed E-state index contributed by atoms with van der Waals surface area (Å²) in [4.78, 5) is 2.32. The van der Waals surface area contributed by atoms with Crippen molar-refractivity contribution in [3.8, 4) is 5.75 Å². The number of hydrogen-bond donors (Lipinski definition) is 2. The Balaban J connectivity index is 2.15. The maximum Gasteiger partial charge on any atom is 0.167 e. The third-order valence-electron chi connectivity index (χ3n) is 3.92. The summed E-state index contributed by atoms with van der Waals surface area (Å²) in [6, 6.07) is 3.36. The molecule has 1 heterocycles. The molecule has 0 aromatic heterocycles. The molecule has 1 aromatic carbocycles. The Morgan fingerprint density at radius 3 is 2.76 bits per heavy atom. The fourth-order valence-corrected chi connectivity index (χ4v) is 2.81. The maximum atomic E-state index is 13.9. The number of rotatable bonds is 4. The smallest absolute Gasteiger partial charge is 0.167 e. The molecule has 0 saturated carbocycles. The Labute approximate surface area is 126 Å². The normalized spacial score (nSPS) is 23.3. The van der Waals surface area contributed by atoms with Crippen molar-refractivity contribution in [3.05, 3.63) is 17.9 Å². The van der Waals surface area contributed by atoms with Crippen LogP contribution in [-0.2, 0) is 0 Å². The predicted octanol–water partition coefficient (Wildman–Crippen LogP) is 2.95. The van der Waals surface area contributed by atoms with Crippen molar-refractivity contribution in [1.29, 1.82) is 0 Å². The van der Waals surface area contributed by atoms with Crippen molar-refractivity contribution in [2.45, 2.75) is 39.3 Å². The van der Waals surface area contributed by atoms with Gasteiger partial charge in [-0.15, -0.1) is 0 Å². The van der Waals surface area contributed by atoms with Gasteiger partial charge in [0.05, 0.1) is 17.5 Å². The molecular weight excluding hydrogens is 269 g/mol. The summed E-state index contributed by atoms with van der Waals surface area (Å²) in [5.41, 5.74) is 7.13. The van der Waals surface area contributed by atoms with E-state index in [2.05, 4.69) is 24.2 Å². The molecule has 4 nitrogen and oxygen atoms in total. The standard InChI is InChI=1S/C16H26FN3O/c1-10(2)21-16-8-15(13(18)7-12(16)17)19-14-5-6-20(4)9-11(14)3/h7-8,10-11,14,19H,5-6,9,18H2,1-4H3. The zero-order chi connectivity index (χ0) is 15.6. The lowest BCUT2D eigenvalue weighted by Gasteiger charge is -2.36. The molecule has 2 atom stereocenters. The van der Waals surface area contributed by atoms with Crippen LogP contribution in [0.25, 0.3) is 0 Å². The van der Waals surface area contributed by atoms with Gasteiger partial charge in [-0.1, -0.05) is 6.92 Å². The molecular formula is C16H26FN3O. The SMILES string of the molecule is CC(C)Oc1cc(NC2CCN(C)CC2C)c(N)cc1F. The van der Waals surface area contributed by atoms with Gasteiger partial charge in [0, 0.05) is 24.7 Å². The highest BCUT2D eigenvalue weighted by molar-refractivity contribution is 5.69. The van der Waals surface area contributed by atoms with Crippen LogP contribution < -0.4 is 15.8 Å². The van der Waals surface area contributed by atoms with E-state index in [1.165, 1.54) is 6.07 Å². The first kappa shape index (κ1) is 15.9. The second-order valence-electron chi connectivity index (χ2n) is 6.32. The molecule has 3 N–H and O–H groups in total. The Kier molecular flexibility index (Phi) is 4.93. The summed E-state index contributed by atoms with van der Waals surface area (Å²) in [5, 5.41) is 3.46. The van der Waals surface area contributed by atoms with E-state index < -0.39 is 5.82 Å². The third kappa shape index (κ3) is 4.00. The lowest BCUT2D eigenvalue weighted by molar-refractivity contribution is 0.206. The largest absolute Gasteiger partial charge is 0.488 e. The van der Waals surface area contributed by atoms with Gasteiger partial charge in [0.25, 0.3) is 0 Å². The van der Waals surface area contributed by atoms with Crippen LogP contribution in [0, 0.1) is 11.7 Å². The lowest BCUT2D eigenvalue weighted by Crippen LogP contribution is -2.43. The van der Waals surface area contributed by atoms with Crippen molar-refractivity contribution < 1.29 is 9.13 Å². The number of nitrogens with zero attached hydrogens (tertiary/aromatic N) is 1. The van der Waals surface area contributed by atoms with E-state index in [9.17, 15) is 4.39 Å². The van der Waals surface area contributed by atoms with E-state index >= 15 is 0 Å². The van der Waals surface area contributed by atoms with Crippen LogP contribution in [0.15, 0.2) is 12.1 Å². The number of anilines is 2. The van der Waals surface area contributed by atoms with E-state index in [-0.39, 0.29) is 11.9 Å². The minimum absolute atomic E-state index is 0.0711. The molecule has 1 fully saturated rings. The number of nitrogens with one attached hydrogen (secondary N) is 1. The van der Waals surface area contributed by atoms with Crippen molar-refractivity contribution >= 4 is 11.4 Å². The van der Waals surface area contributed by atoms with Crippen molar-refractivity contribution in [1.82, 2.24) is 4.90 Å². The molecule has 0 aliphatic carbocycles. The van der Waals surface area contributed by atoms with Crippen LogP contribution >= 0.6 is 0 Å². The highest BCUT2D eigenvalue weighted by Crippen LogP contribution is 2.31. The van der Waals surface area contributed by atoms with Gasteiger partial charge >= 0.3 is 0 Å². The second-order valence-corrected chi connectivity index (χ2v) is 6.32. The van der Waals surface area contributed by atoms with Crippen LogP contribution in [0.1, 0.15) is 27.2 Å². The molecule has 1 aromatic rings. The second kappa shape index (κ2) is 6.52. The van der Waals surface area contributed by atoms with Gasteiger partial charge in [0.15, 0.2) is 11.6 Å². The Bertz CT molecular complexity index is 493. The van der Waals surface area contributed by atoms with E-state index in [1.54, 1.807) is 6.07 Å². The van der Waals surface area contributed by atoms with Crippen LogP contribution in [-0.4, -0.2) is 37.2 Å². The van der Waals surface area contributed by atoms with E-state index in [1.807, 2.05) is 13.8 Å². The molecule has 21 heavy (non-hydrogen) atoms. The van der Waals surface area contributed by atoms with Crippen LogP contribution in [0.3, 0.4) is 0 Å². The number of nitrogens with two attached hydrogens (primary N) is 1. The molecule has 0 bridgehead atoms. The molecule has 1 saturated heterocycles. The minimum atomic E-state index is -0.414. The number of likely N-dealkylation sites (tertiary alicyclic amines) is 1. The first-order valence-electron chi connectivity index (χ1n) is 7.57. The van der Waals surface area contributed by atoms with E-state index in [0.29, 0.717) is 17.6 Å². The molecule has 2 unspecified atom stereocenters. The van der Waals surface area contributed by atoms with Gasteiger partial charge in [-0.3, -0.25) is 0 Å². The number of piperidine rings is 1. The monoisotopic (exact) mass is 295 g/mol. The molecule has 2 rings (SSSR count). The zero-order valence-corrected chi connectivity index (χ0v) is 13.3. The summed E-state index contributed by atoms with van der Waals surface area (Å²) in [7, 11) is 2.13. The molecule has 1 aliphatic heterocycles. The highest BCUT2D eigenvalue weighted by atomic mass is 19.1. The van der Waals surface area contributed by atoms with Crippen LogP contribution in [0.4, 0.5) is 15.8 Å². The third-order valence-corrected chi connectivity index (χ3v) is 3.92. The lowest BCUT2D eigenvalue weighted by atomic mass is 9.94. The minimum Gasteiger partial charge on any atom is -0.488 e. The van der Waals surface area contributed by atoms with Crippen molar-refractivity contribution in [2.75, 3.05) is 31.2 Å². The molecule has 118 valence electrons. The first-order valence-corrected chi connectivity index (χ1v) is 7.57. The molecule has 0 radical (unpaired) electrons. The van der Waals surface area contributed by atoms with Gasteiger partial charge in [-0.2, -0.15) is 0 Å². The maximum absolute atomic E-state index is 13.9. The summed E-state index contributed by atoms with van der Waals surface area (Å²) in [6.45, 7) is 8.08. The van der Waals surface area contributed by atoms with Gasteiger partial charge in [0.2, 0.25) is 0 Å². The van der Waals surface area contributed by atoms with Crippen molar-refractivity contribution in [2.24, 2.45) is 5.92 Å². The summed E-state index contributed by atoms with van der Waals surface area (Å²) in [6.07, 6.45) is 0.979. The fraction of sp³-hybridized carbons (Fsp3) is 0.625. The fourth-order valence-electron chi connectivity index (χ4n) is 2.81. The quantitative estimate of drug-likeness (QED) is 0.839. The Hall–Kier alpha value is -1.49. The van der Waals surface area contributed by atoms with Gasteiger partial charge in [0.1, 0.15) is 0 Å². The molecule has 1 aliphatic rings. The predicted molar refractivity (Wildman–Crippen MR) is 85.3 cm³/mol.